The first-order chi connectivity index (χ1) is 9.15. The maximum absolute atomic E-state index is 11.7. The third-order valence-electron chi connectivity index (χ3n) is 2.98. The van der Waals surface area contributed by atoms with Gasteiger partial charge in [0.05, 0.1) is 13.7 Å². The number of rotatable bonds is 8. The molecule has 4 nitrogen and oxygen atoms in total. The number of amides is 1. The lowest BCUT2D eigenvalue weighted by molar-refractivity contribution is -0.115. The summed E-state index contributed by atoms with van der Waals surface area (Å²) in [5.41, 5.74) is 0.786. The van der Waals surface area contributed by atoms with E-state index in [1.54, 1.807) is 7.11 Å². The molecule has 0 fully saturated rings. The van der Waals surface area contributed by atoms with E-state index in [1.165, 1.54) is 12.8 Å². The molecule has 0 aliphatic carbocycles. The SMILES string of the molecule is CCCCC(C)NCC(=O)Nc1ccc(OC)cc1. The summed E-state index contributed by atoms with van der Waals surface area (Å²) in [5.74, 6) is 0.762. The highest BCUT2D eigenvalue weighted by atomic mass is 16.5. The Morgan fingerprint density at radius 1 is 1.32 bits per heavy atom. The predicted molar refractivity (Wildman–Crippen MR) is 78.6 cm³/mol. The van der Waals surface area contributed by atoms with Crippen LogP contribution in [0.3, 0.4) is 0 Å². The van der Waals surface area contributed by atoms with E-state index in [0.29, 0.717) is 12.6 Å². The van der Waals surface area contributed by atoms with Crippen molar-refractivity contribution in [2.45, 2.75) is 39.2 Å². The van der Waals surface area contributed by atoms with Crippen molar-refractivity contribution in [3.05, 3.63) is 24.3 Å². The Bertz CT molecular complexity index is 376. The molecule has 1 rings (SSSR count). The number of nitrogens with one attached hydrogen (secondary N) is 2. The molecule has 4 heteroatoms. The third-order valence-corrected chi connectivity index (χ3v) is 2.98. The Kier molecular flexibility index (Phi) is 6.97. The zero-order valence-electron chi connectivity index (χ0n) is 12.0. The lowest BCUT2D eigenvalue weighted by Gasteiger charge is -2.13. The lowest BCUT2D eigenvalue weighted by atomic mass is 10.1. The highest BCUT2D eigenvalue weighted by Crippen LogP contribution is 2.14. The first-order valence-electron chi connectivity index (χ1n) is 6.83. The molecule has 19 heavy (non-hydrogen) atoms. The fourth-order valence-electron chi connectivity index (χ4n) is 1.76. The van der Waals surface area contributed by atoms with Gasteiger partial charge in [-0.25, -0.2) is 0 Å². The van der Waals surface area contributed by atoms with E-state index >= 15 is 0 Å². The predicted octanol–water partition coefficient (Wildman–Crippen LogP) is 2.80. The average Bonchev–Trinajstić information content (AvgIpc) is 2.43. The topological polar surface area (TPSA) is 50.4 Å². The minimum atomic E-state index is -0.0199. The molecule has 1 amide bonds. The molecule has 1 aromatic carbocycles. The van der Waals surface area contributed by atoms with Crippen LogP contribution in [0.25, 0.3) is 0 Å². The lowest BCUT2D eigenvalue weighted by Crippen LogP contribution is -2.34. The second-order valence-corrected chi connectivity index (χ2v) is 4.70. The van der Waals surface area contributed by atoms with Crippen LogP contribution in [0.5, 0.6) is 5.75 Å². The van der Waals surface area contributed by atoms with Crippen molar-refractivity contribution in [3.8, 4) is 5.75 Å². The molecule has 0 bridgehead atoms. The minimum absolute atomic E-state index is 0.0199. The summed E-state index contributed by atoms with van der Waals surface area (Å²) >= 11 is 0. The summed E-state index contributed by atoms with van der Waals surface area (Å²) in [5, 5.41) is 6.07. The first kappa shape index (κ1) is 15.5. The molecule has 1 atom stereocenters. The van der Waals surface area contributed by atoms with Gasteiger partial charge < -0.3 is 15.4 Å². The van der Waals surface area contributed by atoms with Gasteiger partial charge in [0.15, 0.2) is 0 Å². The molecule has 0 radical (unpaired) electrons. The number of hydrogen-bond donors (Lipinski definition) is 2. The van der Waals surface area contributed by atoms with Gasteiger partial charge in [0.25, 0.3) is 0 Å². The van der Waals surface area contributed by atoms with Crippen LogP contribution in [0.4, 0.5) is 5.69 Å². The number of methoxy groups -OCH3 is 1. The maximum Gasteiger partial charge on any atom is 0.238 e. The highest BCUT2D eigenvalue weighted by Gasteiger charge is 2.05. The van der Waals surface area contributed by atoms with Gasteiger partial charge in [-0.3, -0.25) is 4.79 Å². The summed E-state index contributed by atoms with van der Waals surface area (Å²) < 4.78 is 5.07. The Morgan fingerprint density at radius 3 is 2.58 bits per heavy atom. The third kappa shape index (κ3) is 6.25. The molecule has 1 unspecified atom stereocenters. The second-order valence-electron chi connectivity index (χ2n) is 4.70. The summed E-state index contributed by atoms with van der Waals surface area (Å²) in [7, 11) is 1.62. The molecule has 106 valence electrons. The highest BCUT2D eigenvalue weighted by molar-refractivity contribution is 5.92. The number of unbranched alkanes of at least 4 members (excludes halogenated alkanes) is 1. The maximum atomic E-state index is 11.7. The van der Waals surface area contributed by atoms with Crippen LogP contribution in [0.15, 0.2) is 24.3 Å². The van der Waals surface area contributed by atoms with E-state index in [9.17, 15) is 4.79 Å². The molecule has 0 aromatic heterocycles. The smallest absolute Gasteiger partial charge is 0.238 e. The van der Waals surface area contributed by atoms with Gasteiger partial charge in [0, 0.05) is 11.7 Å². The van der Waals surface area contributed by atoms with Crippen molar-refractivity contribution in [2.24, 2.45) is 0 Å². The van der Waals surface area contributed by atoms with Crippen molar-refractivity contribution in [3.63, 3.8) is 0 Å². The summed E-state index contributed by atoms with van der Waals surface area (Å²) in [6, 6.07) is 7.69. The molecule has 2 N–H and O–H groups in total. The van der Waals surface area contributed by atoms with Gasteiger partial charge in [0.1, 0.15) is 5.75 Å². The number of ether oxygens (including phenoxy) is 1. The zero-order valence-corrected chi connectivity index (χ0v) is 12.0. The van der Waals surface area contributed by atoms with Crippen molar-refractivity contribution < 1.29 is 9.53 Å². The summed E-state index contributed by atoms with van der Waals surface area (Å²) in [6.07, 6.45) is 3.48. The van der Waals surface area contributed by atoms with E-state index in [1.807, 2.05) is 24.3 Å². The van der Waals surface area contributed by atoms with E-state index in [-0.39, 0.29) is 5.91 Å². The standard InChI is InChI=1S/C15H24N2O2/c1-4-5-6-12(2)16-11-15(18)17-13-7-9-14(19-3)10-8-13/h7-10,12,16H,4-6,11H2,1-3H3,(H,17,18). The molecule has 0 aliphatic heterocycles. The molecule has 1 aromatic rings. The number of carbonyl (C=O) groups excluding carboxylic acids is 1. The van der Waals surface area contributed by atoms with Gasteiger partial charge >= 0.3 is 0 Å². The number of hydrogen-bond acceptors (Lipinski definition) is 3. The van der Waals surface area contributed by atoms with Gasteiger partial charge in [-0.2, -0.15) is 0 Å². The van der Waals surface area contributed by atoms with Gasteiger partial charge in [-0.15, -0.1) is 0 Å². The van der Waals surface area contributed by atoms with Crippen LogP contribution in [-0.2, 0) is 4.79 Å². The summed E-state index contributed by atoms with van der Waals surface area (Å²) in [4.78, 5) is 11.7. The second kappa shape index (κ2) is 8.53. The average molecular weight is 264 g/mol. The molecule has 0 heterocycles. The normalized spacial score (nSPS) is 11.9. The molecule has 0 saturated heterocycles. The molecule has 0 aliphatic rings. The van der Waals surface area contributed by atoms with Crippen molar-refractivity contribution >= 4 is 11.6 Å². The monoisotopic (exact) mass is 264 g/mol. The van der Waals surface area contributed by atoms with Crippen molar-refractivity contribution in [1.82, 2.24) is 5.32 Å². The number of benzene rings is 1. The van der Waals surface area contributed by atoms with Gasteiger partial charge in [0.2, 0.25) is 5.91 Å². The van der Waals surface area contributed by atoms with Crippen LogP contribution in [0.1, 0.15) is 33.1 Å². The largest absolute Gasteiger partial charge is 0.497 e. The van der Waals surface area contributed by atoms with Crippen LogP contribution in [0.2, 0.25) is 0 Å². The molecule has 0 saturated carbocycles. The van der Waals surface area contributed by atoms with Gasteiger partial charge in [-0.1, -0.05) is 19.8 Å². The van der Waals surface area contributed by atoms with Crippen LogP contribution in [-0.4, -0.2) is 25.6 Å². The molecule has 0 spiro atoms. The van der Waals surface area contributed by atoms with Gasteiger partial charge in [-0.05, 0) is 37.6 Å². The number of anilines is 1. The molecular formula is C15H24N2O2. The van der Waals surface area contributed by atoms with E-state index in [0.717, 1.165) is 17.9 Å². The fraction of sp³-hybridized carbons (Fsp3) is 0.533. The summed E-state index contributed by atoms with van der Waals surface area (Å²) in [6.45, 7) is 4.62. The van der Waals surface area contributed by atoms with Crippen LogP contribution in [0, 0.1) is 0 Å². The van der Waals surface area contributed by atoms with Crippen molar-refractivity contribution in [2.75, 3.05) is 19.0 Å². The van der Waals surface area contributed by atoms with Crippen molar-refractivity contribution in [1.29, 1.82) is 0 Å². The Balaban J connectivity index is 2.30. The van der Waals surface area contributed by atoms with E-state index in [4.69, 9.17) is 4.74 Å². The van der Waals surface area contributed by atoms with E-state index < -0.39 is 0 Å². The van der Waals surface area contributed by atoms with E-state index in [2.05, 4.69) is 24.5 Å². The first-order valence-corrected chi connectivity index (χ1v) is 6.83. The van der Waals surface area contributed by atoms with Crippen LogP contribution < -0.4 is 15.4 Å². The molecular weight excluding hydrogens is 240 g/mol. The minimum Gasteiger partial charge on any atom is -0.497 e. The number of carbonyl (C=O) groups is 1. The Hall–Kier alpha value is -1.55. The Labute approximate surface area is 115 Å². The quantitative estimate of drug-likeness (QED) is 0.759. The van der Waals surface area contributed by atoms with Crippen LogP contribution >= 0.6 is 0 Å². The fourth-order valence-corrected chi connectivity index (χ4v) is 1.76. The Morgan fingerprint density at radius 2 is 2.00 bits per heavy atom. The zero-order chi connectivity index (χ0) is 14.1.